The van der Waals surface area contributed by atoms with Gasteiger partial charge in [0.05, 0.1) is 30.1 Å². The highest BCUT2D eigenvalue weighted by atomic mass is 31.2. The number of hydrogen-bond donors (Lipinski definition) is 3. The highest BCUT2D eigenvalue weighted by molar-refractivity contribution is 7.46. The van der Waals surface area contributed by atoms with E-state index >= 15 is 0 Å². The summed E-state index contributed by atoms with van der Waals surface area (Å²) in [6, 6.07) is 3.97. The van der Waals surface area contributed by atoms with Crippen molar-refractivity contribution in [3.8, 4) is 0 Å². The van der Waals surface area contributed by atoms with E-state index in [2.05, 4.69) is 9.51 Å². The molecule has 23 heavy (non-hydrogen) atoms. The number of aryl methyl sites for hydroxylation is 2. The number of imidazole rings is 1. The van der Waals surface area contributed by atoms with Gasteiger partial charge in [0.2, 0.25) is 0 Å². The highest BCUT2D eigenvalue weighted by Gasteiger charge is 2.26. The van der Waals surface area contributed by atoms with Gasteiger partial charge < -0.3 is 24.2 Å². The van der Waals surface area contributed by atoms with E-state index in [4.69, 9.17) is 14.5 Å². The normalized spacial score (nSPS) is 15.0. The summed E-state index contributed by atoms with van der Waals surface area (Å²) in [5, 5.41) is 9.33. The van der Waals surface area contributed by atoms with Crippen LogP contribution in [0.15, 0.2) is 18.5 Å². The zero-order valence-corrected chi connectivity index (χ0v) is 14.1. The fourth-order valence-electron chi connectivity index (χ4n) is 2.21. The van der Waals surface area contributed by atoms with Gasteiger partial charge in [-0.1, -0.05) is 0 Å². The fraction of sp³-hybridized carbons (Fsp3) is 0.500. The Morgan fingerprint density at radius 2 is 1.96 bits per heavy atom. The molecule has 0 aliphatic rings. The van der Waals surface area contributed by atoms with E-state index in [9.17, 15) is 9.67 Å². The van der Waals surface area contributed by atoms with Crippen LogP contribution < -0.4 is 0 Å². The number of benzene rings is 1. The molecule has 0 aliphatic heterocycles. The number of phosphoric acid groups is 1. The molecule has 3 N–H and O–H groups in total. The van der Waals surface area contributed by atoms with Crippen LogP contribution in [0.3, 0.4) is 0 Å². The lowest BCUT2D eigenvalue weighted by Gasteiger charge is -2.23. The van der Waals surface area contributed by atoms with E-state index in [1.54, 1.807) is 10.9 Å². The minimum Gasteiger partial charge on any atom is -0.394 e. The number of phosphoric ester groups is 1. The van der Waals surface area contributed by atoms with Gasteiger partial charge in [-0.2, -0.15) is 0 Å². The van der Waals surface area contributed by atoms with E-state index in [1.165, 1.54) is 6.92 Å². The summed E-state index contributed by atoms with van der Waals surface area (Å²) >= 11 is 0. The molecule has 2 aromatic rings. The summed E-state index contributed by atoms with van der Waals surface area (Å²) in [5.74, 6) is 0. The molecule has 0 saturated heterocycles. The smallest absolute Gasteiger partial charge is 0.394 e. The molecule has 0 amide bonds. The molecule has 0 saturated carbocycles. The molecule has 128 valence electrons. The second-order valence-electron chi connectivity index (χ2n) is 5.46. The van der Waals surface area contributed by atoms with Gasteiger partial charge in [0, 0.05) is 0 Å². The molecule has 2 rings (SSSR count). The monoisotopic (exact) mass is 344 g/mol. The largest absolute Gasteiger partial charge is 0.469 e. The average molecular weight is 344 g/mol. The van der Waals surface area contributed by atoms with Crippen LogP contribution in [0.2, 0.25) is 0 Å². The standard InChI is InChI=1S/C14H21N2O6P/c1-9-4-12-13(5-10(9)2)16(7-15-12)8-21-14(6-17)11(3)22-23(18,19)20/h4-5,7,11,14,17H,6,8H2,1-3H3,(H2,18,19,20)/t11-,14+/m0/s1. The summed E-state index contributed by atoms with van der Waals surface area (Å²) in [7, 11) is -4.63. The summed E-state index contributed by atoms with van der Waals surface area (Å²) in [5.41, 5.74) is 3.97. The molecular formula is C14H21N2O6P. The predicted octanol–water partition coefficient (Wildman–Crippen LogP) is 1.49. The van der Waals surface area contributed by atoms with Crippen LogP contribution >= 0.6 is 7.82 Å². The Labute approximate surface area is 133 Å². The first kappa shape index (κ1) is 18.1. The van der Waals surface area contributed by atoms with Crippen molar-refractivity contribution in [1.82, 2.24) is 9.55 Å². The second-order valence-corrected chi connectivity index (χ2v) is 6.65. The molecule has 1 aromatic heterocycles. The number of ether oxygens (including phenoxy) is 1. The Balaban J connectivity index is 2.10. The SMILES string of the molecule is Cc1cc2ncn(CO[C@H](CO)[C@H](C)OP(=O)(O)O)c2cc1C. The van der Waals surface area contributed by atoms with E-state index < -0.39 is 26.6 Å². The van der Waals surface area contributed by atoms with Crippen LogP contribution in [-0.2, 0) is 20.6 Å². The Morgan fingerprint density at radius 1 is 1.30 bits per heavy atom. The number of hydrogen-bond acceptors (Lipinski definition) is 5. The lowest BCUT2D eigenvalue weighted by molar-refractivity contribution is -0.0780. The molecular weight excluding hydrogens is 323 g/mol. The van der Waals surface area contributed by atoms with Crippen LogP contribution in [0.25, 0.3) is 11.0 Å². The topological polar surface area (TPSA) is 114 Å². The quantitative estimate of drug-likeness (QED) is 0.652. The highest BCUT2D eigenvalue weighted by Crippen LogP contribution is 2.38. The molecule has 0 fully saturated rings. The van der Waals surface area contributed by atoms with Gasteiger partial charge in [-0.05, 0) is 44.0 Å². The number of aliphatic hydroxyl groups excluding tert-OH is 1. The molecule has 1 heterocycles. The molecule has 9 heteroatoms. The van der Waals surface area contributed by atoms with Crippen molar-refractivity contribution in [3.05, 3.63) is 29.6 Å². The second kappa shape index (κ2) is 7.09. The van der Waals surface area contributed by atoms with Crippen molar-refractivity contribution < 1.29 is 28.7 Å². The van der Waals surface area contributed by atoms with Crippen molar-refractivity contribution in [2.45, 2.75) is 39.7 Å². The van der Waals surface area contributed by atoms with Crippen LogP contribution in [0, 0.1) is 13.8 Å². The Morgan fingerprint density at radius 3 is 2.57 bits per heavy atom. The summed E-state index contributed by atoms with van der Waals surface area (Å²) in [4.78, 5) is 21.9. The van der Waals surface area contributed by atoms with Crippen molar-refractivity contribution >= 4 is 18.9 Å². The van der Waals surface area contributed by atoms with Gasteiger partial charge in [0.15, 0.2) is 0 Å². The first-order valence-corrected chi connectivity index (χ1v) is 8.63. The molecule has 0 unspecified atom stereocenters. The van der Waals surface area contributed by atoms with Crippen LogP contribution in [-0.4, -0.2) is 43.3 Å². The van der Waals surface area contributed by atoms with Gasteiger partial charge in [-0.25, -0.2) is 9.55 Å². The third-order valence-corrected chi connectivity index (χ3v) is 4.28. The first-order valence-electron chi connectivity index (χ1n) is 7.09. The zero-order valence-electron chi connectivity index (χ0n) is 13.2. The van der Waals surface area contributed by atoms with Crippen molar-refractivity contribution in [3.63, 3.8) is 0 Å². The Bertz CT molecular complexity index is 725. The van der Waals surface area contributed by atoms with E-state index in [-0.39, 0.29) is 6.73 Å². The average Bonchev–Trinajstić information content (AvgIpc) is 2.80. The number of fused-ring (bicyclic) bond motifs is 1. The summed E-state index contributed by atoms with van der Waals surface area (Å²) < 4.78 is 22.7. The summed E-state index contributed by atoms with van der Waals surface area (Å²) in [6.45, 7) is 5.09. The number of rotatable bonds is 7. The lowest BCUT2D eigenvalue weighted by Crippen LogP contribution is -2.32. The maximum Gasteiger partial charge on any atom is 0.469 e. The van der Waals surface area contributed by atoms with E-state index in [0.29, 0.717) is 0 Å². The lowest BCUT2D eigenvalue weighted by atomic mass is 10.1. The van der Waals surface area contributed by atoms with Gasteiger partial charge in [-0.15, -0.1) is 0 Å². The Hall–Kier alpha value is -1.28. The molecule has 2 atom stereocenters. The first-order chi connectivity index (χ1) is 10.7. The van der Waals surface area contributed by atoms with Crippen LogP contribution in [0.1, 0.15) is 18.1 Å². The minimum absolute atomic E-state index is 0.0824. The zero-order chi connectivity index (χ0) is 17.2. The number of aliphatic hydroxyl groups is 1. The molecule has 1 aromatic carbocycles. The third kappa shape index (κ3) is 4.60. The Kier molecular flexibility index (Phi) is 5.57. The summed E-state index contributed by atoms with van der Waals surface area (Å²) in [6.07, 6.45) is -0.210. The van der Waals surface area contributed by atoms with Gasteiger partial charge in [0.25, 0.3) is 0 Å². The van der Waals surface area contributed by atoms with Gasteiger partial charge in [-0.3, -0.25) is 4.52 Å². The molecule has 8 nitrogen and oxygen atoms in total. The van der Waals surface area contributed by atoms with E-state index in [0.717, 1.165) is 22.2 Å². The predicted molar refractivity (Wildman–Crippen MR) is 83.8 cm³/mol. The third-order valence-electron chi connectivity index (χ3n) is 3.67. The van der Waals surface area contributed by atoms with E-state index in [1.807, 2.05) is 26.0 Å². The maximum absolute atomic E-state index is 10.9. The van der Waals surface area contributed by atoms with Gasteiger partial charge >= 0.3 is 7.82 Å². The van der Waals surface area contributed by atoms with Crippen molar-refractivity contribution in [1.29, 1.82) is 0 Å². The van der Waals surface area contributed by atoms with Crippen LogP contribution in [0.5, 0.6) is 0 Å². The molecule has 0 aliphatic carbocycles. The molecule has 0 spiro atoms. The fourth-order valence-corrected chi connectivity index (χ4v) is 2.78. The number of nitrogens with zero attached hydrogens (tertiary/aromatic N) is 2. The van der Waals surface area contributed by atoms with Crippen molar-refractivity contribution in [2.75, 3.05) is 6.61 Å². The van der Waals surface area contributed by atoms with Gasteiger partial charge in [0.1, 0.15) is 12.8 Å². The molecule has 0 bridgehead atoms. The maximum atomic E-state index is 10.9. The van der Waals surface area contributed by atoms with Crippen LogP contribution in [0.4, 0.5) is 0 Å². The minimum atomic E-state index is -4.63. The molecule has 0 radical (unpaired) electrons. The van der Waals surface area contributed by atoms with Crippen molar-refractivity contribution in [2.24, 2.45) is 0 Å². The number of aromatic nitrogens is 2.